The summed E-state index contributed by atoms with van der Waals surface area (Å²) < 4.78 is 13.9. The average Bonchev–Trinajstić information content (AvgIpc) is 2.32. The maximum Gasteiger partial charge on any atom is 0.239 e. The van der Waals surface area contributed by atoms with Gasteiger partial charge in [-0.1, -0.05) is 15.9 Å². The van der Waals surface area contributed by atoms with E-state index in [0.29, 0.717) is 17.6 Å². The summed E-state index contributed by atoms with van der Waals surface area (Å²) in [6.45, 7) is 4.87. The molecule has 1 unspecified atom stereocenters. The fraction of sp³-hybridized carbons (Fsp3) is 0.462. The number of amides is 1. The van der Waals surface area contributed by atoms with Gasteiger partial charge in [0.1, 0.15) is 5.82 Å². The van der Waals surface area contributed by atoms with Crippen LogP contribution in [0.5, 0.6) is 0 Å². The molecule has 0 spiro atoms. The molecule has 1 aromatic carbocycles. The van der Waals surface area contributed by atoms with Crippen molar-refractivity contribution in [2.45, 2.75) is 26.4 Å². The van der Waals surface area contributed by atoms with Crippen LogP contribution in [0.4, 0.5) is 4.39 Å². The minimum atomic E-state index is -0.286. The van der Waals surface area contributed by atoms with Gasteiger partial charge in [0.25, 0.3) is 0 Å². The van der Waals surface area contributed by atoms with E-state index in [1.807, 2.05) is 19.9 Å². The predicted molar refractivity (Wildman–Crippen MR) is 73.7 cm³/mol. The summed E-state index contributed by atoms with van der Waals surface area (Å²) in [5, 5.41) is 3.09. The van der Waals surface area contributed by atoms with Crippen LogP contribution in [0.1, 0.15) is 19.4 Å². The lowest BCUT2D eigenvalue weighted by atomic mass is 10.2. The number of likely N-dealkylation sites (N-methyl/N-ethyl adjacent to an activating group) is 1. The molecule has 18 heavy (non-hydrogen) atoms. The molecule has 0 bridgehead atoms. The Bertz CT molecular complexity index is 405. The highest BCUT2D eigenvalue weighted by atomic mass is 79.9. The lowest BCUT2D eigenvalue weighted by Crippen LogP contribution is -2.42. The highest BCUT2D eigenvalue weighted by Gasteiger charge is 2.15. The molecule has 0 saturated carbocycles. The van der Waals surface area contributed by atoms with Crippen molar-refractivity contribution in [2.75, 3.05) is 13.6 Å². The summed E-state index contributed by atoms with van der Waals surface area (Å²) in [4.78, 5) is 13.5. The minimum Gasteiger partial charge on any atom is -0.345 e. The molecule has 1 aromatic rings. The molecule has 0 radical (unpaired) electrons. The Morgan fingerprint density at radius 3 is 2.72 bits per heavy atom. The Morgan fingerprint density at radius 2 is 2.17 bits per heavy atom. The average molecular weight is 317 g/mol. The van der Waals surface area contributed by atoms with Crippen LogP contribution in [0, 0.1) is 5.82 Å². The first-order chi connectivity index (χ1) is 8.43. The van der Waals surface area contributed by atoms with Gasteiger partial charge in [-0.25, -0.2) is 4.39 Å². The second-order valence-electron chi connectivity index (χ2n) is 4.23. The molecule has 1 N–H and O–H groups in total. The third-order valence-electron chi connectivity index (χ3n) is 2.76. The van der Waals surface area contributed by atoms with Crippen LogP contribution in [-0.2, 0) is 11.3 Å². The van der Waals surface area contributed by atoms with Gasteiger partial charge in [0.05, 0.1) is 6.04 Å². The number of hydrogen-bond acceptors (Lipinski definition) is 2. The number of hydrogen-bond donors (Lipinski definition) is 1. The summed E-state index contributed by atoms with van der Waals surface area (Å²) >= 11 is 3.24. The first-order valence-corrected chi connectivity index (χ1v) is 6.66. The highest BCUT2D eigenvalue weighted by Crippen LogP contribution is 2.14. The van der Waals surface area contributed by atoms with Crippen molar-refractivity contribution in [1.82, 2.24) is 10.2 Å². The van der Waals surface area contributed by atoms with Crippen molar-refractivity contribution in [3.8, 4) is 0 Å². The standard InChI is InChI=1S/C13H18BrFN2O/c1-4-17(3)13(18)9(2)16-8-10-5-11(14)7-12(15)6-10/h5-7,9,16H,4,8H2,1-3H3. The van der Waals surface area contributed by atoms with Crippen LogP contribution in [0.3, 0.4) is 0 Å². The van der Waals surface area contributed by atoms with E-state index in [2.05, 4.69) is 21.2 Å². The van der Waals surface area contributed by atoms with E-state index in [4.69, 9.17) is 0 Å². The zero-order chi connectivity index (χ0) is 13.7. The molecule has 0 aliphatic heterocycles. The second kappa shape index (κ2) is 6.85. The lowest BCUT2D eigenvalue weighted by Gasteiger charge is -2.20. The zero-order valence-corrected chi connectivity index (χ0v) is 12.4. The number of nitrogens with zero attached hydrogens (tertiary/aromatic N) is 1. The van der Waals surface area contributed by atoms with Crippen LogP contribution in [0.15, 0.2) is 22.7 Å². The summed E-state index contributed by atoms with van der Waals surface area (Å²) in [6, 6.07) is 4.41. The first kappa shape index (κ1) is 15.1. The molecule has 100 valence electrons. The van der Waals surface area contributed by atoms with Crippen molar-refractivity contribution in [3.05, 3.63) is 34.1 Å². The van der Waals surface area contributed by atoms with Gasteiger partial charge in [-0.05, 0) is 37.6 Å². The van der Waals surface area contributed by atoms with Crippen LogP contribution < -0.4 is 5.32 Å². The topological polar surface area (TPSA) is 32.3 Å². The van der Waals surface area contributed by atoms with E-state index in [1.165, 1.54) is 12.1 Å². The van der Waals surface area contributed by atoms with Gasteiger partial charge in [-0.3, -0.25) is 4.79 Å². The molecular formula is C13H18BrFN2O. The van der Waals surface area contributed by atoms with Gasteiger partial charge >= 0.3 is 0 Å². The summed E-state index contributed by atoms with van der Waals surface area (Å²) in [5.41, 5.74) is 0.806. The Morgan fingerprint density at radius 1 is 1.50 bits per heavy atom. The smallest absolute Gasteiger partial charge is 0.239 e. The monoisotopic (exact) mass is 316 g/mol. The van der Waals surface area contributed by atoms with E-state index in [0.717, 1.165) is 5.56 Å². The highest BCUT2D eigenvalue weighted by molar-refractivity contribution is 9.10. The molecule has 0 heterocycles. The Balaban J connectivity index is 2.57. The van der Waals surface area contributed by atoms with E-state index in [9.17, 15) is 9.18 Å². The van der Waals surface area contributed by atoms with Gasteiger partial charge in [-0.15, -0.1) is 0 Å². The molecule has 5 heteroatoms. The molecule has 3 nitrogen and oxygen atoms in total. The van der Waals surface area contributed by atoms with Gasteiger partial charge in [0.2, 0.25) is 5.91 Å². The number of carbonyl (C=O) groups excluding carboxylic acids is 1. The molecule has 1 amide bonds. The predicted octanol–water partition coefficient (Wildman–Crippen LogP) is 2.54. The van der Waals surface area contributed by atoms with Gasteiger partial charge in [0, 0.05) is 24.6 Å². The van der Waals surface area contributed by atoms with Crippen LogP contribution in [0.2, 0.25) is 0 Å². The van der Waals surface area contributed by atoms with E-state index in [1.54, 1.807) is 11.9 Å². The van der Waals surface area contributed by atoms with E-state index in [-0.39, 0.29) is 17.8 Å². The number of rotatable bonds is 5. The largest absolute Gasteiger partial charge is 0.345 e. The second-order valence-corrected chi connectivity index (χ2v) is 5.15. The normalized spacial score (nSPS) is 12.3. The molecule has 0 aromatic heterocycles. The van der Waals surface area contributed by atoms with Crippen molar-refractivity contribution >= 4 is 21.8 Å². The molecular weight excluding hydrogens is 299 g/mol. The minimum absolute atomic E-state index is 0.0352. The van der Waals surface area contributed by atoms with Crippen LogP contribution in [0.25, 0.3) is 0 Å². The van der Waals surface area contributed by atoms with Gasteiger partial charge in [-0.2, -0.15) is 0 Å². The first-order valence-electron chi connectivity index (χ1n) is 5.87. The number of nitrogens with one attached hydrogen (secondary N) is 1. The number of benzene rings is 1. The number of halogens is 2. The van der Waals surface area contributed by atoms with E-state index >= 15 is 0 Å². The Kier molecular flexibility index (Phi) is 5.75. The van der Waals surface area contributed by atoms with Crippen molar-refractivity contribution in [3.63, 3.8) is 0 Å². The summed E-state index contributed by atoms with van der Waals surface area (Å²) in [7, 11) is 1.76. The summed E-state index contributed by atoms with van der Waals surface area (Å²) in [5.74, 6) is -0.251. The fourth-order valence-corrected chi connectivity index (χ4v) is 2.07. The molecule has 0 fully saturated rings. The summed E-state index contributed by atoms with van der Waals surface area (Å²) in [6.07, 6.45) is 0. The number of carbonyl (C=O) groups is 1. The van der Waals surface area contributed by atoms with Crippen LogP contribution >= 0.6 is 15.9 Å². The molecule has 0 aliphatic rings. The third-order valence-corrected chi connectivity index (χ3v) is 3.21. The van der Waals surface area contributed by atoms with E-state index < -0.39 is 0 Å². The third kappa shape index (κ3) is 4.38. The molecule has 1 rings (SSSR count). The molecule has 0 aliphatic carbocycles. The van der Waals surface area contributed by atoms with Crippen molar-refractivity contribution < 1.29 is 9.18 Å². The Labute approximate surface area is 115 Å². The van der Waals surface area contributed by atoms with Crippen LogP contribution in [-0.4, -0.2) is 30.4 Å². The quantitative estimate of drug-likeness (QED) is 0.905. The SMILES string of the molecule is CCN(C)C(=O)C(C)NCc1cc(F)cc(Br)c1. The van der Waals surface area contributed by atoms with Gasteiger partial charge < -0.3 is 10.2 Å². The van der Waals surface area contributed by atoms with Crippen molar-refractivity contribution in [2.24, 2.45) is 0 Å². The molecule has 1 atom stereocenters. The fourth-order valence-electron chi connectivity index (χ4n) is 1.56. The lowest BCUT2D eigenvalue weighted by molar-refractivity contribution is -0.131. The zero-order valence-electron chi connectivity index (χ0n) is 10.8. The van der Waals surface area contributed by atoms with Gasteiger partial charge in [0.15, 0.2) is 0 Å². The maximum atomic E-state index is 13.2. The Hall–Kier alpha value is -0.940. The van der Waals surface area contributed by atoms with Crippen molar-refractivity contribution in [1.29, 1.82) is 0 Å². The molecule has 0 saturated heterocycles. The maximum absolute atomic E-state index is 13.2.